The first-order valence-electron chi connectivity index (χ1n) is 19.4. The third-order valence-corrected chi connectivity index (χ3v) is 9.94. The average molecular weight is 719 g/mol. The molecule has 2 heterocycles. The standard InChI is InChI=1S/C47H58O6/c1-33(2)25-38(26-34(3)4)15-19-39-29-47(53-45(39)49,31-50-30-37-11-9-8-10-12-37)32-51-44(48)24-22-42-28-40-27-36(18-23-43(40)52-42)14-13-35-16-20-41(21-17-35)46(5,6)7/h8-12,16-21,23,27,33-34,38,42H,15,22,24-26,28-32H2,1-7H3/b39-19+/t42-,47+/m0/s1. The lowest BCUT2D eigenvalue weighted by molar-refractivity contribution is -0.169. The number of cyclic esters (lactones) is 1. The molecule has 6 nitrogen and oxygen atoms in total. The average Bonchev–Trinajstić information content (AvgIpc) is 3.67. The first-order chi connectivity index (χ1) is 25.3. The Morgan fingerprint density at radius 2 is 1.60 bits per heavy atom. The molecule has 0 saturated carbocycles. The number of allylic oxidation sites excluding steroid dienone is 1. The van der Waals surface area contributed by atoms with E-state index in [4.69, 9.17) is 18.9 Å². The number of carbonyl (C=O) groups excluding carboxylic acids is 2. The molecule has 2 aliphatic heterocycles. The molecule has 0 amide bonds. The van der Waals surface area contributed by atoms with Crippen LogP contribution < -0.4 is 4.74 Å². The lowest BCUT2D eigenvalue weighted by Crippen LogP contribution is -2.40. The maximum Gasteiger partial charge on any atom is 0.334 e. The molecular formula is C47H58O6. The fourth-order valence-corrected chi connectivity index (χ4v) is 7.26. The van der Waals surface area contributed by atoms with Gasteiger partial charge in [-0.1, -0.05) is 109 Å². The Balaban J connectivity index is 1.16. The van der Waals surface area contributed by atoms with E-state index in [1.807, 2.05) is 42.5 Å². The van der Waals surface area contributed by atoms with Crippen LogP contribution in [0.1, 0.15) is 115 Å². The fraction of sp³-hybridized carbons (Fsp3) is 0.489. The number of hydrogen-bond donors (Lipinski definition) is 0. The van der Waals surface area contributed by atoms with Crippen LogP contribution in [-0.4, -0.2) is 36.9 Å². The highest BCUT2D eigenvalue weighted by Gasteiger charge is 2.45. The van der Waals surface area contributed by atoms with Gasteiger partial charge in [-0.05, 0) is 95.9 Å². The van der Waals surface area contributed by atoms with Gasteiger partial charge in [0, 0.05) is 36.0 Å². The molecule has 3 aromatic carbocycles. The van der Waals surface area contributed by atoms with Gasteiger partial charge < -0.3 is 18.9 Å². The van der Waals surface area contributed by atoms with Crippen molar-refractivity contribution < 1.29 is 28.5 Å². The predicted molar refractivity (Wildman–Crippen MR) is 211 cm³/mol. The minimum atomic E-state index is -1.06. The van der Waals surface area contributed by atoms with Crippen LogP contribution in [0.3, 0.4) is 0 Å². The molecule has 0 aliphatic carbocycles. The SMILES string of the molecule is CC(C)CC(C/C=C1\C[C@@](COCc2ccccc2)(COC(=O)CC[C@H]2Cc3cc(C#Cc4ccc(C(C)(C)C)cc4)ccc3O2)OC1=O)CC(C)C. The normalized spacial score (nSPS) is 18.9. The van der Waals surface area contributed by atoms with Crippen molar-refractivity contribution >= 4 is 11.9 Å². The van der Waals surface area contributed by atoms with Crippen molar-refractivity contribution in [3.8, 4) is 17.6 Å². The lowest BCUT2D eigenvalue weighted by atomic mass is 9.86. The van der Waals surface area contributed by atoms with E-state index in [-0.39, 0.29) is 43.1 Å². The van der Waals surface area contributed by atoms with Crippen molar-refractivity contribution in [3.63, 3.8) is 0 Å². The number of fused-ring (bicyclic) bond motifs is 1. The number of rotatable bonds is 15. The highest BCUT2D eigenvalue weighted by molar-refractivity contribution is 5.91. The van der Waals surface area contributed by atoms with Gasteiger partial charge >= 0.3 is 11.9 Å². The lowest BCUT2D eigenvalue weighted by Gasteiger charge is -2.26. The van der Waals surface area contributed by atoms with Crippen molar-refractivity contribution in [2.75, 3.05) is 13.2 Å². The van der Waals surface area contributed by atoms with Gasteiger partial charge in [-0.15, -0.1) is 0 Å². The second-order valence-electron chi connectivity index (χ2n) is 16.9. The highest BCUT2D eigenvalue weighted by Crippen LogP contribution is 2.35. The molecular weight excluding hydrogens is 661 g/mol. The highest BCUT2D eigenvalue weighted by atomic mass is 16.6. The Hall–Kier alpha value is -4.34. The van der Waals surface area contributed by atoms with Crippen LogP contribution in [0.2, 0.25) is 0 Å². The summed E-state index contributed by atoms with van der Waals surface area (Å²) in [7, 11) is 0. The second kappa shape index (κ2) is 18.1. The van der Waals surface area contributed by atoms with E-state index in [0.717, 1.165) is 47.3 Å². The van der Waals surface area contributed by atoms with Gasteiger partial charge in [-0.25, -0.2) is 4.79 Å². The van der Waals surface area contributed by atoms with Crippen LogP contribution in [0.25, 0.3) is 0 Å². The second-order valence-corrected chi connectivity index (χ2v) is 16.9. The molecule has 1 saturated heterocycles. The molecule has 0 bridgehead atoms. The maximum atomic E-state index is 13.2. The molecule has 6 heteroatoms. The first-order valence-corrected chi connectivity index (χ1v) is 19.4. The van der Waals surface area contributed by atoms with E-state index in [2.05, 4.69) is 96.7 Å². The van der Waals surface area contributed by atoms with E-state index < -0.39 is 5.60 Å². The van der Waals surface area contributed by atoms with Crippen LogP contribution >= 0.6 is 0 Å². The van der Waals surface area contributed by atoms with Crippen molar-refractivity contribution in [3.05, 3.63) is 112 Å². The molecule has 0 aromatic heterocycles. The van der Waals surface area contributed by atoms with Crippen molar-refractivity contribution in [1.82, 2.24) is 0 Å². The minimum Gasteiger partial charge on any atom is -0.490 e. The zero-order valence-corrected chi connectivity index (χ0v) is 32.8. The number of hydrogen-bond acceptors (Lipinski definition) is 6. The van der Waals surface area contributed by atoms with Crippen LogP contribution in [0.15, 0.2) is 84.4 Å². The number of carbonyl (C=O) groups is 2. The molecule has 0 radical (unpaired) electrons. The Labute approximate surface area is 317 Å². The summed E-state index contributed by atoms with van der Waals surface area (Å²) in [5.41, 5.74) is 4.99. The van der Waals surface area contributed by atoms with E-state index in [9.17, 15) is 9.59 Å². The largest absolute Gasteiger partial charge is 0.490 e. The summed E-state index contributed by atoms with van der Waals surface area (Å²) in [6, 6.07) is 24.3. The van der Waals surface area contributed by atoms with Crippen LogP contribution in [0.4, 0.5) is 0 Å². The van der Waals surface area contributed by atoms with E-state index in [1.165, 1.54) is 5.56 Å². The summed E-state index contributed by atoms with van der Waals surface area (Å²) in [5.74, 6) is 8.37. The first kappa shape index (κ1) is 39.9. The fourth-order valence-electron chi connectivity index (χ4n) is 7.26. The molecule has 1 fully saturated rings. The topological polar surface area (TPSA) is 71.1 Å². The molecule has 0 N–H and O–H groups in total. The van der Waals surface area contributed by atoms with E-state index in [1.54, 1.807) is 0 Å². The zero-order valence-electron chi connectivity index (χ0n) is 32.8. The minimum absolute atomic E-state index is 0.0577. The third-order valence-electron chi connectivity index (χ3n) is 9.94. The van der Waals surface area contributed by atoms with Gasteiger partial charge in [0.1, 0.15) is 18.5 Å². The molecule has 2 aliphatic rings. The van der Waals surface area contributed by atoms with Crippen molar-refractivity contribution in [1.29, 1.82) is 0 Å². The summed E-state index contributed by atoms with van der Waals surface area (Å²) >= 11 is 0. The smallest absolute Gasteiger partial charge is 0.334 e. The van der Waals surface area contributed by atoms with Gasteiger partial charge in [-0.2, -0.15) is 0 Å². The van der Waals surface area contributed by atoms with Crippen LogP contribution in [-0.2, 0) is 42.2 Å². The summed E-state index contributed by atoms with van der Waals surface area (Å²) in [6.45, 7) is 16.0. The Morgan fingerprint density at radius 1 is 0.925 bits per heavy atom. The molecule has 53 heavy (non-hydrogen) atoms. The molecule has 5 rings (SSSR count). The Bertz CT molecular complexity index is 1760. The predicted octanol–water partition coefficient (Wildman–Crippen LogP) is 9.94. The number of ether oxygens (including phenoxy) is 4. The van der Waals surface area contributed by atoms with E-state index >= 15 is 0 Å². The van der Waals surface area contributed by atoms with Crippen molar-refractivity contribution in [2.24, 2.45) is 17.8 Å². The van der Waals surface area contributed by atoms with Gasteiger partial charge in [-0.3, -0.25) is 4.79 Å². The molecule has 2 atom stereocenters. The molecule has 282 valence electrons. The number of esters is 2. The van der Waals surface area contributed by atoms with Gasteiger partial charge in [0.15, 0.2) is 5.60 Å². The van der Waals surface area contributed by atoms with Crippen LogP contribution in [0.5, 0.6) is 5.75 Å². The summed E-state index contributed by atoms with van der Waals surface area (Å²) in [4.78, 5) is 26.3. The number of benzene rings is 3. The zero-order chi connectivity index (χ0) is 38.0. The van der Waals surface area contributed by atoms with Gasteiger partial charge in [0.2, 0.25) is 0 Å². The molecule has 0 unspecified atom stereocenters. The molecule has 0 spiro atoms. The summed E-state index contributed by atoms with van der Waals surface area (Å²) < 4.78 is 24.1. The summed E-state index contributed by atoms with van der Waals surface area (Å²) in [6.07, 6.45) is 6.73. The van der Waals surface area contributed by atoms with E-state index in [0.29, 0.717) is 49.2 Å². The Kier molecular flexibility index (Phi) is 13.6. The summed E-state index contributed by atoms with van der Waals surface area (Å²) in [5, 5.41) is 0. The van der Waals surface area contributed by atoms with Gasteiger partial charge in [0.25, 0.3) is 0 Å². The maximum absolute atomic E-state index is 13.2. The van der Waals surface area contributed by atoms with Crippen molar-refractivity contribution in [2.45, 2.75) is 117 Å². The monoisotopic (exact) mass is 718 g/mol. The Morgan fingerprint density at radius 3 is 2.28 bits per heavy atom. The third kappa shape index (κ3) is 12.1. The van der Waals surface area contributed by atoms with Gasteiger partial charge in [0.05, 0.1) is 13.2 Å². The quantitative estimate of drug-likeness (QED) is 0.0885. The van der Waals surface area contributed by atoms with Crippen LogP contribution in [0, 0.1) is 29.6 Å². The molecule has 3 aromatic rings.